The van der Waals surface area contributed by atoms with Crippen LogP contribution in [-0.2, 0) is 17.5 Å². The molecule has 0 radical (unpaired) electrons. The molecule has 2 aliphatic rings. The van der Waals surface area contributed by atoms with Crippen LogP contribution in [0.1, 0.15) is 61.5 Å². The first-order valence-corrected chi connectivity index (χ1v) is 17.5. The van der Waals surface area contributed by atoms with Crippen LogP contribution in [0, 0.1) is 5.92 Å². The van der Waals surface area contributed by atoms with Crippen LogP contribution in [0.25, 0.3) is 0 Å². The van der Waals surface area contributed by atoms with Gasteiger partial charge < -0.3 is 39.6 Å². The summed E-state index contributed by atoms with van der Waals surface area (Å²) >= 11 is 0. The second-order valence-corrected chi connectivity index (χ2v) is 13.5. The average molecular weight is 729 g/mol. The van der Waals surface area contributed by atoms with Crippen molar-refractivity contribution in [2.75, 3.05) is 50.8 Å². The Morgan fingerprint density at radius 1 is 0.981 bits per heavy atom. The first kappa shape index (κ1) is 38.7. The van der Waals surface area contributed by atoms with Crippen molar-refractivity contribution >= 4 is 23.3 Å². The summed E-state index contributed by atoms with van der Waals surface area (Å²) in [7, 11) is 2.02. The lowest BCUT2D eigenvalue weighted by Gasteiger charge is -2.36. The van der Waals surface area contributed by atoms with Crippen molar-refractivity contribution in [3.05, 3.63) is 77.4 Å². The summed E-state index contributed by atoms with van der Waals surface area (Å²) in [5, 5.41) is 15.4. The molecule has 0 spiro atoms. The number of nitrogens with one attached hydrogen (secondary N) is 2. The smallest absolute Gasteiger partial charge is 0.416 e. The maximum atomic E-state index is 14.4. The second-order valence-electron chi connectivity index (χ2n) is 13.5. The van der Waals surface area contributed by atoms with Gasteiger partial charge in [-0.25, -0.2) is 4.79 Å². The Kier molecular flexibility index (Phi) is 12.9. The predicted octanol–water partition coefficient (Wildman–Crippen LogP) is 7.01. The first-order chi connectivity index (χ1) is 24.8. The molecule has 3 aromatic carbocycles. The van der Waals surface area contributed by atoms with Gasteiger partial charge >= 0.3 is 12.2 Å². The molecule has 2 aliphatic heterocycles. The van der Waals surface area contributed by atoms with Crippen molar-refractivity contribution < 1.29 is 46.8 Å². The predicted molar refractivity (Wildman–Crippen MR) is 190 cm³/mol. The highest BCUT2D eigenvalue weighted by atomic mass is 19.4. The van der Waals surface area contributed by atoms with E-state index in [1.54, 1.807) is 24.0 Å². The highest BCUT2D eigenvalue weighted by molar-refractivity contribution is 6.02. The third-order valence-electron chi connectivity index (χ3n) is 9.16. The van der Waals surface area contributed by atoms with Gasteiger partial charge in [0.1, 0.15) is 5.75 Å². The molecule has 0 aliphatic carbocycles. The van der Waals surface area contributed by atoms with Crippen LogP contribution < -0.4 is 24.8 Å². The van der Waals surface area contributed by atoms with Gasteiger partial charge in [-0.1, -0.05) is 13.0 Å². The van der Waals surface area contributed by atoms with E-state index in [4.69, 9.17) is 18.9 Å². The molecule has 282 valence electrons. The monoisotopic (exact) mass is 728 g/mol. The number of urea groups is 1. The lowest BCUT2D eigenvalue weighted by Crippen LogP contribution is -2.47. The van der Waals surface area contributed by atoms with Crippen LogP contribution in [0.2, 0.25) is 0 Å². The minimum Gasteiger partial charge on any atom is -0.490 e. The largest absolute Gasteiger partial charge is 0.490 e. The molecular formula is C38H47F3N4O7. The zero-order valence-electron chi connectivity index (χ0n) is 29.9. The molecule has 0 fully saturated rings. The number of likely N-dealkylation sites (N-methyl/N-ethyl adjacent to an activating group) is 1. The molecule has 5 rings (SSSR count). The summed E-state index contributed by atoms with van der Waals surface area (Å²) in [6.45, 7) is 7.68. The molecule has 52 heavy (non-hydrogen) atoms. The van der Waals surface area contributed by atoms with Crippen molar-refractivity contribution in [2.45, 2.75) is 71.0 Å². The van der Waals surface area contributed by atoms with E-state index < -0.39 is 29.7 Å². The Bertz CT molecular complexity index is 1670. The van der Waals surface area contributed by atoms with Gasteiger partial charge in [-0.15, -0.1) is 0 Å². The molecule has 3 amide bonds. The molecule has 11 nitrogen and oxygen atoms in total. The molecule has 0 saturated heterocycles. The molecule has 2 heterocycles. The van der Waals surface area contributed by atoms with Gasteiger partial charge in [0.2, 0.25) is 6.79 Å². The van der Waals surface area contributed by atoms with Crippen molar-refractivity contribution in [3.8, 4) is 17.2 Å². The molecule has 0 bridgehead atoms. The molecule has 4 atom stereocenters. The van der Waals surface area contributed by atoms with E-state index in [-0.39, 0.29) is 55.0 Å². The van der Waals surface area contributed by atoms with E-state index in [0.717, 1.165) is 54.2 Å². The van der Waals surface area contributed by atoms with Gasteiger partial charge in [-0.3, -0.25) is 9.69 Å². The molecule has 0 aromatic heterocycles. The minimum atomic E-state index is -4.50. The zero-order valence-corrected chi connectivity index (χ0v) is 29.9. The number of carbonyl (C=O) groups excluding carboxylic acids is 2. The maximum Gasteiger partial charge on any atom is 0.416 e. The van der Waals surface area contributed by atoms with E-state index in [9.17, 15) is 27.9 Å². The summed E-state index contributed by atoms with van der Waals surface area (Å²) in [6.07, 6.45) is -2.59. The number of aliphatic hydroxyl groups excluding tert-OH is 1. The Hall–Kier alpha value is -4.53. The fourth-order valence-electron chi connectivity index (χ4n) is 6.22. The Labute approximate surface area is 302 Å². The third kappa shape index (κ3) is 10.3. The molecule has 14 heteroatoms. The number of nitrogens with zero attached hydrogens (tertiary/aromatic N) is 2. The number of aliphatic hydroxyl groups is 1. The Morgan fingerprint density at radius 3 is 2.40 bits per heavy atom. The summed E-state index contributed by atoms with van der Waals surface area (Å²) in [5.41, 5.74) is 0.854. The lowest BCUT2D eigenvalue weighted by atomic mass is 10.0. The molecule has 0 saturated carbocycles. The fraction of sp³-hybridized carbons (Fsp3) is 0.474. The second kappa shape index (κ2) is 17.3. The number of anilines is 2. The van der Waals surface area contributed by atoms with Crippen LogP contribution in [0.5, 0.6) is 17.2 Å². The van der Waals surface area contributed by atoms with E-state index in [0.29, 0.717) is 31.9 Å². The first-order valence-electron chi connectivity index (χ1n) is 17.5. The lowest BCUT2D eigenvalue weighted by molar-refractivity contribution is -0.137. The number of ether oxygens (including phenoxy) is 4. The number of benzene rings is 3. The van der Waals surface area contributed by atoms with Crippen molar-refractivity contribution in [2.24, 2.45) is 5.92 Å². The van der Waals surface area contributed by atoms with Crippen molar-refractivity contribution in [3.63, 3.8) is 0 Å². The van der Waals surface area contributed by atoms with Crippen molar-refractivity contribution in [1.29, 1.82) is 0 Å². The Morgan fingerprint density at radius 2 is 1.67 bits per heavy atom. The maximum absolute atomic E-state index is 14.4. The van der Waals surface area contributed by atoms with Crippen molar-refractivity contribution in [1.82, 2.24) is 9.80 Å². The standard InChI is InChI=1S/C38H47F3N4O7/c1-24-19-45(25(2)22-46)36(47)31-18-30(43-37(48)42-29-11-9-28(10-12-29)38(39,40)41)13-15-32(31)52-26(3)7-5-6-16-49-35(24)21-44(4)20-27-8-14-33-34(17-27)51-23-50-33/h8-15,17-18,24-26,35,46H,5-7,16,19-23H2,1-4H3,(H2,42,43,48)/t24-,25-,26-,35-/m1/s1. The van der Waals surface area contributed by atoms with Crippen LogP contribution in [0.4, 0.5) is 29.3 Å². The van der Waals surface area contributed by atoms with E-state index >= 15 is 0 Å². The number of amides is 3. The number of carbonyl (C=O) groups is 2. The normalized spacial score (nSPS) is 20.4. The molecule has 3 aromatic rings. The third-order valence-corrected chi connectivity index (χ3v) is 9.16. The number of rotatable bonds is 8. The minimum absolute atomic E-state index is 0.140. The van der Waals surface area contributed by atoms with Gasteiger partial charge in [-0.2, -0.15) is 13.2 Å². The topological polar surface area (TPSA) is 122 Å². The van der Waals surface area contributed by atoms with Gasteiger partial charge in [0.25, 0.3) is 5.91 Å². The fourth-order valence-corrected chi connectivity index (χ4v) is 6.22. The number of halogens is 3. The van der Waals surface area contributed by atoms with Crippen LogP contribution in [-0.4, -0.2) is 85.2 Å². The highest BCUT2D eigenvalue weighted by Gasteiger charge is 2.32. The number of hydrogen-bond acceptors (Lipinski definition) is 8. The molecular weight excluding hydrogens is 681 g/mol. The van der Waals surface area contributed by atoms with Crippen LogP contribution in [0.15, 0.2) is 60.7 Å². The SMILES string of the molecule is C[C@@H]1CCCCO[C@H](CN(C)Cc2ccc3c(c2)OCO3)[C@H](C)CN([C@H](C)CO)C(=O)c2cc(NC(=O)Nc3ccc(C(F)(F)F)cc3)ccc2O1. The summed E-state index contributed by atoms with van der Waals surface area (Å²) < 4.78 is 62.7. The van der Waals surface area contributed by atoms with Crippen LogP contribution in [0.3, 0.4) is 0 Å². The zero-order chi connectivity index (χ0) is 37.4. The van der Waals surface area contributed by atoms with E-state index in [2.05, 4.69) is 15.5 Å². The van der Waals surface area contributed by atoms with E-state index in [1.807, 2.05) is 39.1 Å². The van der Waals surface area contributed by atoms with Gasteiger partial charge in [0, 0.05) is 43.5 Å². The number of fused-ring (bicyclic) bond motifs is 2. The summed E-state index contributed by atoms with van der Waals surface area (Å²) in [4.78, 5) is 31.0. The average Bonchev–Trinajstić information content (AvgIpc) is 3.57. The molecule has 3 N–H and O–H groups in total. The Balaban J connectivity index is 1.34. The summed E-state index contributed by atoms with van der Waals surface area (Å²) in [6, 6.07) is 13.4. The van der Waals surface area contributed by atoms with Gasteiger partial charge in [-0.05, 0) is 100 Å². The molecule has 0 unspecified atom stereocenters. The van der Waals surface area contributed by atoms with E-state index in [1.165, 1.54) is 6.07 Å². The van der Waals surface area contributed by atoms with Crippen LogP contribution >= 0.6 is 0 Å². The summed E-state index contributed by atoms with van der Waals surface area (Å²) in [5.74, 6) is 1.24. The van der Waals surface area contributed by atoms with Gasteiger partial charge in [0.15, 0.2) is 11.5 Å². The van der Waals surface area contributed by atoms with Gasteiger partial charge in [0.05, 0.1) is 36.0 Å². The highest BCUT2D eigenvalue weighted by Crippen LogP contribution is 2.34. The number of alkyl halides is 3. The number of hydrogen-bond donors (Lipinski definition) is 3. The quantitative estimate of drug-likeness (QED) is 0.227.